The van der Waals surface area contributed by atoms with Crippen molar-refractivity contribution < 1.29 is 19.3 Å². The number of imide groups is 1. The third-order valence-electron chi connectivity index (χ3n) is 3.58. The zero-order chi connectivity index (χ0) is 18.1. The van der Waals surface area contributed by atoms with E-state index in [0.717, 1.165) is 9.64 Å². The van der Waals surface area contributed by atoms with Gasteiger partial charge in [0, 0.05) is 15.3 Å². The maximum atomic E-state index is 12.4. The Bertz CT molecular complexity index is 928. The van der Waals surface area contributed by atoms with E-state index in [9.17, 15) is 24.5 Å². The lowest BCUT2D eigenvalue weighted by atomic mass is 10.1. The molecule has 0 unspecified atom stereocenters. The van der Waals surface area contributed by atoms with Crippen molar-refractivity contribution in [3.63, 3.8) is 0 Å². The number of nitrogens with one attached hydrogen (secondary N) is 1. The van der Waals surface area contributed by atoms with Crippen LogP contribution in [0.25, 0.3) is 0 Å². The minimum atomic E-state index is -0.843. The molecule has 0 spiro atoms. The maximum Gasteiger partial charge on any atom is 0.282 e. The van der Waals surface area contributed by atoms with Crippen molar-refractivity contribution in [1.29, 1.82) is 0 Å². The topological polar surface area (TPSA) is 110 Å². The lowest BCUT2D eigenvalue weighted by molar-refractivity contribution is -0.385. The normalized spacial score (nSPS) is 12.9. The number of benzene rings is 2. The fraction of sp³-hybridized carbons (Fsp3) is 0.0625. The molecule has 2 aromatic rings. The summed E-state index contributed by atoms with van der Waals surface area (Å²) in [6, 6.07) is 10.8. The lowest BCUT2D eigenvalue weighted by Crippen LogP contribution is -2.37. The number of carbonyl (C=O) groups is 3. The smallest absolute Gasteiger partial charge is 0.282 e. The Kier molecular flexibility index (Phi) is 4.49. The molecule has 0 saturated heterocycles. The SMILES string of the molecule is O=C(CN1C(=O)c2cccc([N+](=O)[O-])c2C1=O)Nc1cccc(I)c1. The predicted molar refractivity (Wildman–Crippen MR) is 96.3 cm³/mol. The summed E-state index contributed by atoms with van der Waals surface area (Å²) < 4.78 is 0.909. The van der Waals surface area contributed by atoms with Crippen molar-refractivity contribution >= 4 is 51.7 Å². The molecule has 0 aromatic heterocycles. The second-order valence-corrected chi connectivity index (χ2v) is 6.46. The van der Waals surface area contributed by atoms with Crippen LogP contribution in [0.4, 0.5) is 11.4 Å². The van der Waals surface area contributed by atoms with Crippen LogP contribution in [-0.4, -0.2) is 34.1 Å². The van der Waals surface area contributed by atoms with Crippen molar-refractivity contribution in [2.75, 3.05) is 11.9 Å². The molecule has 1 heterocycles. The number of nitro benzene ring substituents is 1. The van der Waals surface area contributed by atoms with Crippen molar-refractivity contribution in [3.05, 3.63) is 67.3 Å². The van der Waals surface area contributed by atoms with Crippen LogP contribution in [0.15, 0.2) is 42.5 Å². The number of amides is 3. The van der Waals surface area contributed by atoms with Crippen molar-refractivity contribution in [2.45, 2.75) is 0 Å². The summed E-state index contributed by atoms with van der Waals surface area (Å²) in [7, 11) is 0. The van der Waals surface area contributed by atoms with Gasteiger partial charge in [0.25, 0.3) is 17.5 Å². The average molecular weight is 451 g/mol. The molecule has 126 valence electrons. The van der Waals surface area contributed by atoms with Crippen LogP contribution in [-0.2, 0) is 4.79 Å². The van der Waals surface area contributed by atoms with E-state index in [-0.39, 0.29) is 11.1 Å². The molecule has 9 heteroatoms. The summed E-state index contributed by atoms with van der Waals surface area (Å²) in [6.45, 7) is -0.519. The largest absolute Gasteiger partial charge is 0.324 e. The fourth-order valence-electron chi connectivity index (χ4n) is 2.52. The number of hydrogen-bond donors (Lipinski definition) is 1. The minimum absolute atomic E-state index is 0.0683. The number of fused-ring (bicyclic) bond motifs is 1. The van der Waals surface area contributed by atoms with Gasteiger partial charge in [-0.3, -0.25) is 29.4 Å². The first-order chi connectivity index (χ1) is 11.9. The van der Waals surface area contributed by atoms with E-state index in [2.05, 4.69) is 27.9 Å². The lowest BCUT2D eigenvalue weighted by Gasteiger charge is -2.13. The number of nitrogens with zero attached hydrogens (tertiary/aromatic N) is 2. The molecule has 0 bridgehead atoms. The molecule has 0 saturated carbocycles. The average Bonchev–Trinajstić information content (AvgIpc) is 2.80. The van der Waals surface area contributed by atoms with Crippen LogP contribution in [0.2, 0.25) is 0 Å². The Morgan fingerprint density at radius 3 is 2.56 bits per heavy atom. The molecule has 25 heavy (non-hydrogen) atoms. The molecular formula is C16H10IN3O5. The van der Waals surface area contributed by atoms with E-state index in [1.807, 2.05) is 6.07 Å². The zero-order valence-corrected chi connectivity index (χ0v) is 14.7. The second-order valence-electron chi connectivity index (χ2n) is 5.21. The van der Waals surface area contributed by atoms with Crippen LogP contribution in [0.1, 0.15) is 20.7 Å². The van der Waals surface area contributed by atoms with Gasteiger partial charge < -0.3 is 5.32 Å². The highest BCUT2D eigenvalue weighted by atomic mass is 127. The summed E-state index contributed by atoms with van der Waals surface area (Å²) in [5.74, 6) is -2.13. The standard InChI is InChI=1S/C16H10IN3O5/c17-9-3-1-4-10(7-9)18-13(21)8-19-15(22)11-5-2-6-12(20(24)25)14(11)16(19)23/h1-7H,8H2,(H,18,21). The van der Waals surface area contributed by atoms with Gasteiger partial charge in [-0.25, -0.2) is 0 Å². The second kappa shape index (κ2) is 6.59. The molecule has 1 aliphatic heterocycles. The number of anilines is 1. The van der Waals surface area contributed by atoms with E-state index < -0.39 is 34.9 Å². The highest BCUT2D eigenvalue weighted by Crippen LogP contribution is 2.30. The molecule has 1 aliphatic rings. The number of halogens is 1. The third kappa shape index (κ3) is 3.22. The van der Waals surface area contributed by atoms with Crippen LogP contribution < -0.4 is 5.32 Å². The van der Waals surface area contributed by atoms with Crippen molar-refractivity contribution in [3.8, 4) is 0 Å². The van der Waals surface area contributed by atoms with Crippen LogP contribution in [0, 0.1) is 13.7 Å². The van der Waals surface area contributed by atoms with Gasteiger partial charge in [-0.05, 0) is 46.9 Å². The van der Waals surface area contributed by atoms with E-state index >= 15 is 0 Å². The highest BCUT2D eigenvalue weighted by molar-refractivity contribution is 14.1. The molecule has 3 rings (SSSR count). The molecule has 0 aliphatic carbocycles. The Morgan fingerprint density at radius 2 is 1.88 bits per heavy atom. The summed E-state index contributed by atoms with van der Waals surface area (Å²) in [5, 5.41) is 13.6. The van der Waals surface area contributed by atoms with Crippen molar-refractivity contribution in [2.24, 2.45) is 0 Å². The van der Waals surface area contributed by atoms with Crippen LogP contribution in [0.5, 0.6) is 0 Å². The monoisotopic (exact) mass is 451 g/mol. The molecular weight excluding hydrogens is 441 g/mol. The Morgan fingerprint density at radius 1 is 1.16 bits per heavy atom. The number of hydrogen-bond acceptors (Lipinski definition) is 5. The Balaban J connectivity index is 1.81. The number of nitro groups is 1. The minimum Gasteiger partial charge on any atom is -0.324 e. The molecule has 8 nitrogen and oxygen atoms in total. The first-order valence-corrected chi connectivity index (χ1v) is 8.15. The maximum absolute atomic E-state index is 12.4. The van der Waals surface area contributed by atoms with Crippen molar-refractivity contribution in [1.82, 2.24) is 4.90 Å². The van der Waals surface area contributed by atoms with Crippen LogP contribution in [0.3, 0.4) is 0 Å². The molecule has 3 amide bonds. The zero-order valence-electron chi connectivity index (χ0n) is 12.6. The molecule has 0 fully saturated rings. The number of rotatable bonds is 4. The predicted octanol–water partition coefficient (Wildman–Crippen LogP) is 2.43. The Labute approximate surface area is 155 Å². The van der Waals surface area contributed by atoms with E-state index in [0.29, 0.717) is 10.6 Å². The summed E-state index contributed by atoms with van der Waals surface area (Å²) in [6.07, 6.45) is 0. The van der Waals surface area contributed by atoms with E-state index in [4.69, 9.17) is 0 Å². The van der Waals surface area contributed by atoms with Gasteiger partial charge in [-0.2, -0.15) is 0 Å². The van der Waals surface area contributed by atoms with Gasteiger partial charge in [0.15, 0.2) is 0 Å². The van der Waals surface area contributed by atoms with Crippen LogP contribution >= 0.6 is 22.6 Å². The van der Waals surface area contributed by atoms with Gasteiger partial charge in [-0.15, -0.1) is 0 Å². The first-order valence-electron chi connectivity index (χ1n) is 7.07. The van der Waals surface area contributed by atoms with E-state index in [1.165, 1.54) is 12.1 Å². The van der Waals surface area contributed by atoms with Gasteiger partial charge in [0.1, 0.15) is 12.1 Å². The Hall–Kier alpha value is -2.82. The van der Waals surface area contributed by atoms with Gasteiger partial charge in [0.05, 0.1) is 10.5 Å². The van der Waals surface area contributed by atoms with Gasteiger partial charge in [0.2, 0.25) is 5.91 Å². The van der Waals surface area contributed by atoms with E-state index in [1.54, 1.807) is 18.2 Å². The number of carbonyl (C=O) groups excluding carboxylic acids is 3. The molecule has 2 aromatic carbocycles. The molecule has 0 radical (unpaired) electrons. The molecule has 0 atom stereocenters. The van der Waals surface area contributed by atoms with Gasteiger partial charge in [-0.1, -0.05) is 12.1 Å². The summed E-state index contributed by atoms with van der Waals surface area (Å²) in [5.41, 5.74) is -0.267. The quantitative estimate of drug-likeness (QED) is 0.333. The summed E-state index contributed by atoms with van der Waals surface area (Å²) >= 11 is 2.09. The first kappa shape index (κ1) is 17.0. The van der Waals surface area contributed by atoms with Gasteiger partial charge >= 0.3 is 0 Å². The third-order valence-corrected chi connectivity index (χ3v) is 4.25. The summed E-state index contributed by atoms with van der Waals surface area (Å²) in [4.78, 5) is 47.9. The fourth-order valence-corrected chi connectivity index (χ4v) is 3.06. The highest BCUT2D eigenvalue weighted by Gasteiger charge is 2.41. The molecule has 1 N–H and O–H groups in total.